The van der Waals surface area contributed by atoms with Crippen molar-refractivity contribution in [2.75, 3.05) is 13.7 Å². The fourth-order valence-electron chi connectivity index (χ4n) is 1.50. The van der Waals surface area contributed by atoms with Crippen molar-refractivity contribution >= 4 is 5.91 Å². The Hall–Kier alpha value is -0.610. The quantitative estimate of drug-likeness (QED) is 0.665. The minimum absolute atomic E-state index is 0.00836. The number of carbonyl (C=O) groups excluding carboxylic acids is 1. The Morgan fingerprint density at radius 2 is 2.00 bits per heavy atom. The molecule has 0 spiro atoms. The summed E-state index contributed by atoms with van der Waals surface area (Å²) < 4.78 is 5.08. The van der Waals surface area contributed by atoms with Gasteiger partial charge in [0, 0.05) is 13.5 Å². The van der Waals surface area contributed by atoms with E-state index in [4.69, 9.17) is 4.74 Å². The van der Waals surface area contributed by atoms with E-state index in [1.54, 1.807) is 7.11 Å². The molecule has 4 nitrogen and oxygen atoms in total. The first-order valence-corrected chi connectivity index (χ1v) is 5.98. The van der Waals surface area contributed by atoms with Gasteiger partial charge in [-0.05, 0) is 26.2 Å². The van der Waals surface area contributed by atoms with E-state index in [2.05, 4.69) is 5.32 Å². The summed E-state index contributed by atoms with van der Waals surface area (Å²) >= 11 is 0. The zero-order valence-electron chi connectivity index (χ0n) is 10.9. The standard InChI is InChI=1S/C12H25NO3/c1-5-12(6-2,9-14)13-11(15)8-7-10(3)16-4/h10,14H,5-9H2,1-4H3,(H,13,15). The number of amides is 1. The largest absolute Gasteiger partial charge is 0.394 e. The average molecular weight is 231 g/mol. The highest BCUT2D eigenvalue weighted by Crippen LogP contribution is 2.14. The van der Waals surface area contributed by atoms with Gasteiger partial charge in [-0.25, -0.2) is 0 Å². The third-order valence-electron chi connectivity index (χ3n) is 3.24. The van der Waals surface area contributed by atoms with E-state index in [1.807, 2.05) is 20.8 Å². The minimum Gasteiger partial charge on any atom is -0.394 e. The third kappa shape index (κ3) is 4.94. The monoisotopic (exact) mass is 231 g/mol. The van der Waals surface area contributed by atoms with Gasteiger partial charge in [-0.15, -0.1) is 0 Å². The molecule has 0 saturated heterocycles. The molecule has 0 aliphatic heterocycles. The van der Waals surface area contributed by atoms with Crippen LogP contribution >= 0.6 is 0 Å². The van der Waals surface area contributed by atoms with Crippen molar-refractivity contribution < 1.29 is 14.6 Å². The molecule has 0 radical (unpaired) electrons. The molecule has 4 heteroatoms. The number of carbonyl (C=O) groups is 1. The van der Waals surface area contributed by atoms with Gasteiger partial charge in [-0.3, -0.25) is 4.79 Å². The van der Waals surface area contributed by atoms with Crippen LogP contribution in [0.2, 0.25) is 0 Å². The first-order valence-electron chi connectivity index (χ1n) is 5.98. The Morgan fingerprint density at radius 1 is 1.44 bits per heavy atom. The van der Waals surface area contributed by atoms with Gasteiger partial charge in [-0.1, -0.05) is 13.8 Å². The van der Waals surface area contributed by atoms with E-state index in [-0.39, 0.29) is 18.6 Å². The Kier molecular flexibility index (Phi) is 7.34. The lowest BCUT2D eigenvalue weighted by Crippen LogP contribution is -2.50. The summed E-state index contributed by atoms with van der Waals surface area (Å²) in [4.78, 5) is 11.7. The van der Waals surface area contributed by atoms with Crippen LogP contribution in [-0.2, 0) is 9.53 Å². The SMILES string of the molecule is CCC(CC)(CO)NC(=O)CCC(C)OC. The molecule has 0 aromatic carbocycles. The average Bonchev–Trinajstić information content (AvgIpc) is 2.33. The van der Waals surface area contributed by atoms with E-state index < -0.39 is 5.54 Å². The van der Waals surface area contributed by atoms with E-state index in [0.29, 0.717) is 12.8 Å². The van der Waals surface area contributed by atoms with Crippen molar-refractivity contribution in [3.8, 4) is 0 Å². The molecule has 0 fully saturated rings. The van der Waals surface area contributed by atoms with E-state index in [0.717, 1.165) is 12.8 Å². The van der Waals surface area contributed by atoms with Gasteiger partial charge >= 0.3 is 0 Å². The van der Waals surface area contributed by atoms with Crippen molar-refractivity contribution in [1.82, 2.24) is 5.32 Å². The second-order valence-corrected chi connectivity index (χ2v) is 4.28. The third-order valence-corrected chi connectivity index (χ3v) is 3.24. The molecule has 0 aliphatic rings. The zero-order valence-corrected chi connectivity index (χ0v) is 10.9. The number of nitrogens with one attached hydrogen (secondary N) is 1. The smallest absolute Gasteiger partial charge is 0.220 e. The molecule has 0 aliphatic carbocycles. The zero-order chi connectivity index (χ0) is 12.6. The van der Waals surface area contributed by atoms with Crippen molar-refractivity contribution in [3.63, 3.8) is 0 Å². The van der Waals surface area contributed by atoms with Crippen LogP contribution in [0.4, 0.5) is 0 Å². The Morgan fingerprint density at radius 3 is 2.38 bits per heavy atom. The Balaban J connectivity index is 4.10. The van der Waals surface area contributed by atoms with Crippen LogP contribution in [0.3, 0.4) is 0 Å². The fourth-order valence-corrected chi connectivity index (χ4v) is 1.50. The van der Waals surface area contributed by atoms with Gasteiger partial charge in [0.1, 0.15) is 0 Å². The van der Waals surface area contributed by atoms with Crippen molar-refractivity contribution in [2.45, 2.75) is 58.1 Å². The summed E-state index contributed by atoms with van der Waals surface area (Å²) in [6.07, 6.45) is 2.73. The highest BCUT2D eigenvalue weighted by atomic mass is 16.5. The highest BCUT2D eigenvalue weighted by Gasteiger charge is 2.26. The molecular weight excluding hydrogens is 206 g/mol. The molecule has 0 aromatic rings. The van der Waals surface area contributed by atoms with Gasteiger partial charge in [0.2, 0.25) is 5.91 Å². The molecule has 0 heterocycles. The summed E-state index contributed by atoms with van der Waals surface area (Å²) in [7, 11) is 1.64. The van der Waals surface area contributed by atoms with Crippen LogP contribution in [0.1, 0.15) is 46.5 Å². The second kappa shape index (κ2) is 7.63. The van der Waals surface area contributed by atoms with Crippen LogP contribution in [0, 0.1) is 0 Å². The summed E-state index contributed by atoms with van der Waals surface area (Å²) in [6.45, 7) is 5.87. The highest BCUT2D eigenvalue weighted by molar-refractivity contribution is 5.76. The van der Waals surface area contributed by atoms with Gasteiger partial charge in [0.15, 0.2) is 0 Å². The van der Waals surface area contributed by atoms with Gasteiger partial charge in [0.05, 0.1) is 18.2 Å². The molecule has 0 saturated carbocycles. The van der Waals surface area contributed by atoms with Gasteiger partial charge < -0.3 is 15.2 Å². The summed E-state index contributed by atoms with van der Waals surface area (Å²) in [6, 6.07) is 0. The maximum absolute atomic E-state index is 11.7. The Bertz CT molecular complexity index is 194. The molecule has 0 aromatic heterocycles. The van der Waals surface area contributed by atoms with Crippen LogP contribution in [0.15, 0.2) is 0 Å². The maximum atomic E-state index is 11.7. The van der Waals surface area contributed by atoms with E-state index in [9.17, 15) is 9.90 Å². The Labute approximate surface area is 98.4 Å². The van der Waals surface area contributed by atoms with E-state index >= 15 is 0 Å². The molecular formula is C12H25NO3. The van der Waals surface area contributed by atoms with E-state index in [1.165, 1.54) is 0 Å². The number of hydrogen-bond acceptors (Lipinski definition) is 3. The number of ether oxygens (including phenoxy) is 1. The molecule has 1 atom stereocenters. The molecule has 1 amide bonds. The predicted molar refractivity (Wildman–Crippen MR) is 64.2 cm³/mol. The molecule has 16 heavy (non-hydrogen) atoms. The maximum Gasteiger partial charge on any atom is 0.220 e. The molecule has 0 rings (SSSR count). The van der Waals surface area contributed by atoms with Gasteiger partial charge in [-0.2, -0.15) is 0 Å². The first-order chi connectivity index (χ1) is 7.53. The number of hydrogen-bond donors (Lipinski definition) is 2. The van der Waals surface area contributed by atoms with Crippen LogP contribution in [0.25, 0.3) is 0 Å². The van der Waals surface area contributed by atoms with Gasteiger partial charge in [0.25, 0.3) is 0 Å². The minimum atomic E-state index is -0.451. The first kappa shape index (κ1) is 15.4. The lowest BCUT2D eigenvalue weighted by molar-refractivity contribution is -0.124. The number of rotatable bonds is 8. The predicted octanol–water partition coefficient (Wildman–Crippen LogP) is 1.47. The number of aliphatic hydroxyl groups excluding tert-OH is 1. The van der Waals surface area contributed by atoms with Crippen molar-refractivity contribution in [2.24, 2.45) is 0 Å². The van der Waals surface area contributed by atoms with Crippen molar-refractivity contribution in [3.05, 3.63) is 0 Å². The number of aliphatic hydroxyl groups is 1. The molecule has 0 bridgehead atoms. The molecule has 2 N–H and O–H groups in total. The van der Waals surface area contributed by atoms with Crippen LogP contribution in [-0.4, -0.2) is 36.4 Å². The van der Waals surface area contributed by atoms with Crippen LogP contribution < -0.4 is 5.32 Å². The normalized spacial score (nSPS) is 13.6. The summed E-state index contributed by atoms with van der Waals surface area (Å²) in [5.74, 6) is -0.0124. The van der Waals surface area contributed by atoms with Crippen LogP contribution in [0.5, 0.6) is 0 Å². The van der Waals surface area contributed by atoms with Crippen molar-refractivity contribution in [1.29, 1.82) is 0 Å². The second-order valence-electron chi connectivity index (χ2n) is 4.28. The molecule has 1 unspecified atom stereocenters. The fraction of sp³-hybridized carbons (Fsp3) is 0.917. The lowest BCUT2D eigenvalue weighted by Gasteiger charge is -2.30. The molecule has 96 valence electrons. The number of methoxy groups -OCH3 is 1. The lowest BCUT2D eigenvalue weighted by atomic mass is 9.93. The topological polar surface area (TPSA) is 58.6 Å². The summed E-state index contributed by atoms with van der Waals surface area (Å²) in [5.41, 5.74) is -0.451. The summed E-state index contributed by atoms with van der Waals surface area (Å²) in [5, 5.41) is 12.2.